The van der Waals surface area contributed by atoms with Crippen LogP contribution in [0.4, 0.5) is 4.39 Å². The Balaban J connectivity index is 2.20. The van der Waals surface area contributed by atoms with E-state index < -0.39 is 0 Å². The normalized spacial score (nSPS) is 13.0. The Morgan fingerprint density at radius 3 is 2.95 bits per heavy atom. The molecule has 2 heterocycles. The fraction of sp³-hybridized carbons (Fsp3) is 0.214. The molecule has 0 saturated heterocycles. The molecule has 0 N–H and O–H groups in total. The summed E-state index contributed by atoms with van der Waals surface area (Å²) < 4.78 is 21.3. The second kappa shape index (κ2) is 5.22. The largest absolute Gasteiger partial charge is 0.467 e. The van der Waals surface area contributed by atoms with Crippen molar-refractivity contribution in [2.45, 2.75) is 18.8 Å². The first-order chi connectivity index (χ1) is 9.56. The zero-order chi connectivity index (χ0) is 14.3. The summed E-state index contributed by atoms with van der Waals surface area (Å²) in [7, 11) is 0. The number of rotatable bonds is 3. The molecular formula is C14H11BrClFN2O. The summed E-state index contributed by atoms with van der Waals surface area (Å²) in [5.41, 5.74) is 1.40. The van der Waals surface area contributed by atoms with Gasteiger partial charge in [0.25, 0.3) is 0 Å². The van der Waals surface area contributed by atoms with E-state index in [2.05, 4.69) is 20.9 Å². The second-order valence-corrected chi connectivity index (χ2v) is 6.02. The molecule has 3 aromatic rings. The Morgan fingerprint density at radius 1 is 1.50 bits per heavy atom. The lowest BCUT2D eigenvalue weighted by Crippen LogP contribution is -2.05. The molecule has 0 radical (unpaired) electrons. The number of nitrogens with zero attached hydrogens (tertiary/aromatic N) is 2. The van der Waals surface area contributed by atoms with Gasteiger partial charge >= 0.3 is 0 Å². The average Bonchev–Trinajstić information content (AvgIpc) is 3.00. The highest BCUT2D eigenvalue weighted by Crippen LogP contribution is 2.29. The van der Waals surface area contributed by atoms with Crippen molar-refractivity contribution in [1.29, 1.82) is 0 Å². The first-order valence-corrected chi connectivity index (χ1v) is 7.31. The summed E-state index contributed by atoms with van der Waals surface area (Å²) in [4.78, 5) is 4.42. The summed E-state index contributed by atoms with van der Waals surface area (Å²) in [5, 5.41) is -0.279. The van der Waals surface area contributed by atoms with Crippen molar-refractivity contribution in [2.24, 2.45) is 0 Å². The van der Waals surface area contributed by atoms with Crippen LogP contribution in [0, 0.1) is 5.82 Å². The predicted octanol–water partition coefficient (Wildman–Crippen LogP) is 4.88. The maximum Gasteiger partial charge on any atom is 0.139 e. The van der Waals surface area contributed by atoms with Gasteiger partial charge in [0.2, 0.25) is 0 Å². The van der Waals surface area contributed by atoms with E-state index in [0.29, 0.717) is 22.4 Å². The van der Waals surface area contributed by atoms with Gasteiger partial charge in [-0.15, -0.1) is 11.6 Å². The Hall–Kier alpha value is -1.33. The van der Waals surface area contributed by atoms with E-state index in [0.717, 1.165) is 11.3 Å². The van der Waals surface area contributed by atoms with Crippen LogP contribution in [0.2, 0.25) is 0 Å². The third kappa shape index (κ3) is 2.36. The molecule has 0 aliphatic carbocycles. The average molecular weight is 358 g/mol. The van der Waals surface area contributed by atoms with Crippen molar-refractivity contribution in [2.75, 3.05) is 0 Å². The fourth-order valence-electron chi connectivity index (χ4n) is 2.17. The minimum atomic E-state index is -0.339. The molecule has 1 atom stereocenters. The molecule has 0 saturated carbocycles. The molecule has 20 heavy (non-hydrogen) atoms. The highest BCUT2D eigenvalue weighted by molar-refractivity contribution is 9.10. The smallest absolute Gasteiger partial charge is 0.139 e. The lowest BCUT2D eigenvalue weighted by Gasteiger charge is -2.09. The van der Waals surface area contributed by atoms with Gasteiger partial charge in [0.15, 0.2) is 0 Å². The third-order valence-corrected chi connectivity index (χ3v) is 3.87. The van der Waals surface area contributed by atoms with Crippen molar-refractivity contribution >= 4 is 38.6 Å². The van der Waals surface area contributed by atoms with Crippen LogP contribution in [-0.4, -0.2) is 9.55 Å². The zero-order valence-electron chi connectivity index (χ0n) is 10.6. The zero-order valence-corrected chi connectivity index (χ0v) is 12.9. The van der Waals surface area contributed by atoms with Gasteiger partial charge < -0.3 is 8.98 Å². The van der Waals surface area contributed by atoms with E-state index in [-0.39, 0.29) is 11.2 Å². The molecule has 0 fully saturated rings. The third-order valence-electron chi connectivity index (χ3n) is 3.07. The SMILES string of the molecule is CC(Cl)c1nc2cc(F)c(Br)cc2n1Cc1ccco1. The van der Waals surface area contributed by atoms with Gasteiger partial charge in [-0.05, 0) is 41.1 Å². The van der Waals surface area contributed by atoms with Crippen LogP contribution < -0.4 is 0 Å². The van der Waals surface area contributed by atoms with E-state index in [1.165, 1.54) is 6.07 Å². The topological polar surface area (TPSA) is 31.0 Å². The Kier molecular flexibility index (Phi) is 3.56. The van der Waals surface area contributed by atoms with Gasteiger partial charge in [0.05, 0.1) is 33.7 Å². The summed E-state index contributed by atoms with van der Waals surface area (Å²) in [6, 6.07) is 6.82. The summed E-state index contributed by atoms with van der Waals surface area (Å²) in [6.07, 6.45) is 1.62. The minimum absolute atomic E-state index is 0.279. The molecule has 1 unspecified atom stereocenters. The number of hydrogen-bond acceptors (Lipinski definition) is 2. The van der Waals surface area contributed by atoms with E-state index in [1.54, 1.807) is 12.3 Å². The molecule has 1 aromatic carbocycles. The van der Waals surface area contributed by atoms with E-state index in [1.807, 2.05) is 23.6 Å². The Morgan fingerprint density at radius 2 is 2.30 bits per heavy atom. The number of fused-ring (bicyclic) bond motifs is 1. The fourth-order valence-corrected chi connectivity index (χ4v) is 2.66. The highest BCUT2D eigenvalue weighted by atomic mass is 79.9. The van der Waals surface area contributed by atoms with Gasteiger partial charge in [-0.2, -0.15) is 0 Å². The van der Waals surface area contributed by atoms with E-state index >= 15 is 0 Å². The maximum absolute atomic E-state index is 13.6. The van der Waals surface area contributed by atoms with Crippen molar-refractivity contribution in [1.82, 2.24) is 9.55 Å². The molecule has 0 aliphatic rings. The van der Waals surface area contributed by atoms with Crippen LogP contribution in [0.15, 0.2) is 39.4 Å². The number of aromatic nitrogens is 2. The molecule has 0 spiro atoms. The van der Waals surface area contributed by atoms with E-state index in [4.69, 9.17) is 16.0 Å². The van der Waals surface area contributed by atoms with Crippen LogP contribution in [-0.2, 0) is 6.54 Å². The van der Waals surface area contributed by atoms with Crippen molar-refractivity contribution in [3.8, 4) is 0 Å². The monoisotopic (exact) mass is 356 g/mol. The molecule has 6 heteroatoms. The molecule has 3 nitrogen and oxygen atoms in total. The van der Waals surface area contributed by atoms with Crippen LogP contribution in [0.1, 0.15) is 23.9 Å². The van der Waals surface area contributed by atoms with Crippen LogP contribution in [0.5, 0.6) is 0 Å². The molecule has 104 valence electrons. The lowest BCUT2D eigenvalue weighted by atomic mass is 10.3. The van der Waals surface area contributed by atoms with Gasteiger partial charge in [-0.3, -0.25) is 0 Å². The molecule has 0 aliphatic heterocycles. The number of halogens is 3. The minimum Gasteiger partial charge on any atom is -0.467 e. The molecule has 2 aromatic heterocycles. The number of imidazole rings is 1. The van der Waals surface area contributed by atoms with Crippen LogP contribution in [0.25, 0.3) is 11.0 Å². The Bertz CT molecular complexity index is 752. The highest BCUT2D eigenvalue weighted by Gasteiger charge is 2.17. The van der Waals surface area contributed by atoms with Crippen LogP contribution in [0.3, 0.4) is 0 Å². The van der Waals surface area contributed by atoms with Gasteiger partial charge in [-0.25, -0.2) is 9.37 Å². The number of alkyl halides is 1. The van der Waals surface area contributed by atoms with E-state index in [9.17, 15) is 4.39 Å². The quantitative estimate of drug-likeness (QED) is 0.626. The van der Waals surface area contributed by atoms with Crippen LogP contribution >= 0.6 is 27.5 Å². The first kappa shape index (κ1) is 13.6. The summed E-state index contributed by atoms with van der Waals surface area (Å²) >= 11 is 9.38. The molecule has 0 amide bonds. The lowest BCUT2D eigenvalue weighted by molar-refractivity contribution is 0.492. The van der Waals surface area contributed by atoms with Crippen molar-refractivity contribution in [3.63, 3.8) is 0 Å². The van der Waals surface area contributed by atoms with Gasteiger partial charge in [-0.1, -0.05) is 0 Å². The number of hydrogen-bond donors (Lipinski definition) is 0. The predicted molar refractivity (Wildman–Crippen MR) is 79.5 cm³/mol. The standard InChI is InChI=1S/C14H11BrClFN2O/c1-8(16)14-18-12-6-11(17)10(15)5-13(12)19(14)7-9-3-2-4-20-9/h2-6,8H,7H2,1H3. The summed E-state index contributed by atoms with van der Waals surface area (Å²) in [6.45, 7) is 2.35. The van der Waals surface area contributed by atoms with Gasteiger partial charge in [0.1, 0.15) is 17.4 Å². The molecule has 0 bridgehead atoms. The molecule has 3 rings (SSSR count). The second-order valence-electron chi connectivity index (χ2n) is 4.51. The van der Waals surface area contributed by atoms with Gasteiger partial charge in [0, 0.05) is 6.07 Å². The molecular weight excluding hydrogens is 347 g/mol. The maximum atomic E-state index is 13.6. The Labute approximate surface area is 128 Å². The first-order valence-electron chi connectivity index (χ1n) is 6.08. The number of benzene rings is 1. The summed E-state index contributed by atoms with van der Waals surface area (Å²) in [5.74, 6) is 1.15. The number of furan rings is 1. The van der Waals surface area contributed by atoms with Crippen molar-refractivity contribution in [3.05, 3.63) is 52.4 Å². The van der Waals surface area contributed by atoms with Crippen molar-refractivity contribution < 1.29 is 8.81 Å².